The molecule has 1 amide bonds. The molecule has 0 aromatic heterocycles. The summed E-state index contributed by atoms with van der Waals surface area (Å²) in [6.07, 6.45) is -0.288. The number of carbonyl (C=O) groups excluding carboxylic acids is 1. The van der Waals surface area contributed by atoms with Gasteiger partial charge in [0, 0.05) is 26.2 Å². The highest BCUT2D eigenvalue weighted by atomic mass is 16.6. The van der Waals surface area contributed by atoms with E-state index in [1.165, 1.54) is 0 Å². The van der Waals surface area contributed by atoms with Crippen LogP contribution >= 0.6 is 0 Å². The van der Waals surface area contributed by atoms with Gasteiger partial charge in [-0.25, -0.2) is 4.79 Å². The molecule has 2 aromatic carbocycles. The van der Waals surface area contributed by atoms with Crippen molar-refractivity contribution >= 4 is 17.5 Å². The first-order valence-electron chi connectivity index (χ1n) is 8.62. The van der Waals surface area contributed by atoms with Crippen molar-refractivity contribution in [3.05, 3.63) is 60.2 Å². The molecule has 0 saturated heterocycles. The van der Waals surface area contributed by atoms with Gasteiger partial charge in [0.1, 0.15) is 6.61 Å². The molecule has 1 heterocycles. The maximum absolute atomic E-state index is 12.6. The molecule has 0 aliphatic carbocycles. The lowest BCUT2D eigenvalue weighted by Crippen LogP contribution is -2.46. The number of benzene rings is 2. The highest BCUT2D eigenvalue weighted by Crippen LogP contribution is 2.33. The van der Waals surface area contributed by atoms with Crippen molar-refractivity contribution in [2.75, 3.05) is 50.1 Å². The predicted octanol–water partition coefficient (Wildman–Crippen LogP) is 3.21. The third-order valence-electron chi connectivity index (χ3n) is 4.35. The molecule has 5 heteroatoms. The van der Waals surface area contributed by atoms with Crippen LogP contribution in [0.5, 0.6) is 0 Å². The molecule has 1 aliphatic rings. The molecule has 25 heavy (non-hydrogen) atoms. The Morgan fingerprint density at radius 1 is 1.00 bits per heavy atom. The molecule has 0 fully saturated rings. The second kappa shape index (κ2) is 8.03. The number of ether oxygens (including phenoxy) is 1. The number of likely N-dealkylation sites (N-methyl/N-ethyl adjacent to an activating group) is 1. The second-order valence-electron chi connectivity index (χ2n) is 6.47. The maximum Gasteiger partial charge on any atom is 0.414 e. The number of rotatable bonds is 5. The lowest BCUT2D eigenvalue weighted by atomic mass is 10.1. The Bertz CT molecular complexity index is 703. The van der Waals surface area contributed by atoms with Gasteiger partial charge in [-0.2, -0.15) is 0 Å². The highest BCUT2D eigenvalue weighted by molar-refractivity contribution is 5.93. The molecule has 0 radical (unpaired) electrons. The van der Waals surface area contributed by atoms with Crippen molar-refractivity contribution in [3.8, 4) is 0 Å². The van der Waals surface area contributed by atoms with Crippen LogP contribution in [0.1, 0.15) is 5.56 Å². The molecular formula is C20H25N3O2. The van der Waals surface area contributed by atoms with Gasteiger partial charge in [0.2, 0.25) is 0 Å². The monoisotopic (exact) mass is 339 g/mol. The fourth-order valence-corrected chi connectivity index (χ4v) is 2.96. The molecule has 132 valence electrons. The van der Waals surface area contributed by atoms with Crippen LogP contribution in [0.25, 0.3) is 0 Å². The summed E-state index contributed by atoms with van der Waals surface area (Å²) in [6, 6.07) is 17.8. The topological polar surface area (TPSA) is 36.0 Å². The van der Waals surface area contributed by atoms with Crippen LogP contribution in [0, 0.1) is 0 Å². The molecule has 0 unspecified atom stereocenters. The fraction of sp³-hybridized carbons (Fsp3) is 0.350. The third kappa shape index (κ3) is 4.31. The summed E-state index contributed by atoms with van der Waals surface area (Å²) in [5.74, 6) is 0. The van der Waals surface area contributed by atoms with E-state index in [-0.39, 0.29) is 6.09 Å². The standard InChI is InChI=1S/C20H25N3O2/c1-21(2)12-13-22-14-15-23(19-11-7-6-10-18(19)22)20(24)25-16-17-8-4-3-5-9-17/h3-11H,12-16H2,1-2H3. The van der Waals surface area contributed by atoms with Gasteiger partial charge in [-0.15, -0.1) is 0 Å². The molecule has 2 aromatic rings. The number of anilines is 2. The highest BCUT2D eigenvalue weighted by Gasteiger charge is 2.27. The van der Waals surface area contributed by atoms with Crippen molar-refractivity contribution in [3.63, 3.8) is 0 Å². The van der Waals surface area contributed by atoms with Crippen molar-refractivity contribution < 1.29 is 9.53 Å². The van der Waals surface area contributed by atoms with Gasteiger partial charge in [-0.3, -0.25) is 4.90 Å². The third-order valence-corrected chi connectivity index (χ3v) is 4.35. The first kappa shape index (κ1) is 17.3. The number of nitrogens with zero attached hydrogens (tertiary/aromatic N) is 3. The Hall–Kier alpha value is -2.53. The summed E-state index contributed by atoms with van der Waals surface area (Å²) in [5, 5.41) is 0. The van der Waals surface area contributed by atoms with Gasteiger partial charge in [-0.05, 0) is 31.8 Å². The smallest absolute Gasteiger partial charge is 0.414 e. The van der Waals surface area contributed by atoms with E-state index in [2.05, 4.69) is 30.0 Å². The Morgan fingerprint density at radius 2 is 1.68 bits per heavy atom. The quantitative estimate of drug-likeness (QED) is 0.838. The average Bonchev–Trinajstić information content (AvgIpc) is 2.65. The van der Waals surface area contributed by atoms with Crippen LogP contribution in [0.4, 0.5) is 16.2 Å². The molecule has 0 saturated carbocycles. The van der Waals surface area contributed by atoms with Crippen LogP contribution in [0.2, 0.25) is 0 Å². The number of para-hydroxylation sites is 2. The minimum Gasteiger partial charge on any atom is -0.444 e. The number of hydrogen-bond acceptors (Lipinski definition) is 4. The van der Waals surface area contributed by atoms with E-state index in [0.29, 0.717) is 13.2 Å². The largest absolute Gasteiger partial charge is 0.444 e. The van der Waals surface area contributed by atoms with Crippen LogP contribution in [0.15, 0.2) is 54.6 Å². The molecule has 0 N–H and O–H groups in total. The molecule has 5 nitrogen and oxygen atoms in total. The normalized spacial score (nSPS) is 13.7. The van der Waals surface area contributed by atoms with Crippen molar-refractivity contribution in [2.45, 2.75) is 6.61 Å². The summed E-state index contributed by atoms with van der Waals surface area (Å²) in [7, 11) is 4.15. The van der Waals surface area contributed by atoms with Crippen LogP contribution in [-0.4, -0.2) is 51.3 Å². The molecule has 0 spiro atoms. The van der Waals surface area contributed by atoms with Crippen LogP contribution in [0.3, 0.4) is 0 Å². The summed E-state index contributed by atoms with van der Waals surface area (Å²) in [4.78, 5) is 18.8. The molecule has 1 aliphatic heterocycles. The van der Waals surface area contributed by atoms with E-state index in [4.69, 9.17) is 4.74 Å². The summed E-state index contributed by atoms with van der Waals surface area (Å²) >= 11 is 0. The van der Waals surface area contributed by atoms with E-state index in [1.54, 1.807) is 4.90 Å². The van der Waals surface area contributed by atoms with Crippen LogP contribution in [-0.2, 0) is 11.3 Å². The first-order chi connectivity index (χ1) is 12.1. The second-order valence-corrected chi connectivity index (χ2v) is 6.47. The summed E-state index contributed by atoms with van der Waals surface area (Å²) < 4.78 is 5.52. The predicted molar refractivity (Wildman–Crippen MR) is 101 cm³/mol. The Morgan fingerprint density at radius 3 is 2.40 bits per heavy atom. The van der Waals surface area contributed by atoms with Gasteiger partial charge in [-0.1, -0.05) is 42.5 Å². The molecule has 0 atom stereocenters. The van der Waals surface area contributed by atoms with Crippen LogP contribution < -0.4 is 9.80 Å². The van der Waals surface area contributed by atoms with Gasteiger partial charge < -0.3 is 14.5 Å². The number of fused-ring (bicyclic) bond motifs is 1. The Labute approximate surface area is 149 Å². The van der Waals surface area contributed by atoms with Gasteiger partial charge in [0.15, 0.2) is 0 Å². The zero-order valence-corrected chi connectivity index (χ0v) is 14.9. The molecule has 3 rings (SSSR count). The molecular weight excluding hydrogens is 314 g/mol. The first-order valence-corrected chi connectivity index (χ1v) is 8.62. The van der Waals surface area contributed by atoms with E-state index < -0.39 is 0 Å². The van der Waals surface area contributed by atoms with Crippen molar-refractivity contribution in [1.82, 2.24) is 4.90 Å². The summed E-state index contributed by atoms with van der Waals surface area (Å²) in [6.45, 7) is 3.66. The maximum atomic E-state index is 12.6. The summed E-state index contributed by atoms with van der Waals surface area (Å²) in [5.41, 5.74) is 3.01. The minimum absolute atomic E-state index is 0.288. The number of hydrogen-bond donors (Lipinski definition) is 0. The Balaban J connectivity index is 1.69. The average molecular weight is 339 g/mol. The van der Waals surface area contributed by atoms with Gasteiger partial charge >= 0.3 is 6.09 Å². The SMILES string of the molecule is CN(C)CCN1CCN(C(=O)OCc2ccccc2)c2ccccc21. The lowest BCUT2D eigenvalue weighted by molar-refractivity contribution is 0.147. The van der Waals surface area contributed by atoms with E-state index in [0.717, 1.165) is 36.6 Å². The van der Waals surface area contributed by atoms with E-state index in [9.17, 15) is 4.79 Å². The lowest BCUT2D eigenvalue weighted by Gasteiger charge is -2.37. The van der Waals surface area contributed by atoms with Gasteiger partial charge in [0.05, 0.1) is 11.4 Å². The zero-order valence-electron chi connectivity index (χ0n) is 14.9. The zero-order chi connectivity index (χ0) is 17.6. The number of amides is 1. The van der Waals surface area contributed by atoms with Gasteiger partial charge in [0.25, 0.3) is 0 Å². The molecule has 0 bridgehead atoms. The fourth-order valence-electron chi connectivity index (χ4n) is 2.96. The van der Waals surface area contributed by atoms with E-state index >= 15 is 0 Å². The minimum atomic E-state index is -0.288. The Kier molecular flexibility index (Phi) is 5.56. The van der Waals surface area contributed by atoms with Crippen molar-refractivity contribution in [2.24, 2.45) is 0 Å². The van der Waals surface area contributed by atoms with Crippen molar-refractivity contribution in [1.29, 1.82) is 0 Å². The number of carbonyl (C=O) groups is 1. The van der Waals surface area contributed by atoms with E-state index in [1.807, 2.05) is 48.5 Å².